The first kappa shape index (κ1) is 10.9. The smallest absolute Gasteiger partial charge is 0.236 e. The van der Waals surface area contributed by atoms with Gasteiger partial charge in [0.25, 0.3) is 0 Å². The first-order valence-electron chi connectivity index (χ1n) is 5.59. The summed E-state index contributed by atoms with van der Waals surface area (Å²) in [7, 11) is 0. The topological polar surface area (TPSA) is 41.0 Å². The van der Waals surface area contributed by atoms with Crippen LogP contribution in [0.3, 0.4) is 0 Å². The van der Waals surface area contributed by atoms with Crippen LogP contribution in [0.2, 0.25) is 0 Å². The Labute approximate surface area is 108 Å². The second kappa shape index (κ2) is 4.21. The third kappa shape index (κ3) is 1.75. The summed E-state index contributed by atoms with van der Waals surface area (Å²) in [5, 5.41) is 9.88. The molecular formula is C14H10N3S+. The van der Waals surface area contributed by atoms with Gasteiger partial charge in [-0.15, -0.1) is 11.3 Å². The van der Waals surface area contributed by atoms with E-state index in [-0.39, 0.29) is 0 Å². The number of hydrogen-bond acceptors (Lipinski definition) is 3. The number of thiazole rings is 1. The van der Waals surface area contributed by atoms with E-state index in [2.05, 4.69) is 35.1 Å². The summed E-state index contributed by atoms with van der Waals surface area (Å²) in [5.74, 6) is 0. The first-order valence-corrected chi connectivity index (χ1v) is 6.41. The lowest BCUT2D eigenvalue weighted by Gasteiger charge is -1.90. The Bertz CT molecular complexity index is 768. The van der Waals surface area contributed by atoms with Crippen molar-refractivity contribution in [3.8, 4) is 10.6 Å². The minimum Gasteiger partial charge on any atom is -0.236 e. The first-order chi connectivity index (χ1) is 8.78. The molecule has 0 unspecified atom stereocenters. The van der Waals surface area contributed by atoms with Crippen LogP contribution < -0.4 is 0 Å². The highest BCUT2D eigenvalue weighted by atomic mass is 32.1. The molecule has 3 aromatic rings. The van der Waals surface area contributed by atoms with Crippen molar-refractivity contribution in [2.75, 3.05) is 0 Å². The summed E-state index contributed by atoms with van der Waals surface area (Å²) >= 11 is 1.61. The molecule has 0 saturated carbocycles. The van der Waals surface area contributed by atoms with Crippen molar-refractivity contribution in [3.63, 3.8) is 0 Å². The second-order valence-electron chi connectivity index (χ2n) is 4.11. The maximum Gasteiger partial charge on any atom is 0.395 e. The molecule has 0 aliphatic rings. The molecule has 3 rings (SSSR count). The fourth-order valence-electron chi connectivity index (χ4n) is 1.89. The van der Waals surface area contributed by atoms with Gasteiger partial charge in [-0.2, -0.15) is 0 Å². The molecule has 0 amide bonds. The normalized spacial score (nSPS) is 10.4. The molecule has 3 nitrogen and oxygen atoms in total. The fourth-order valence-corrected chi connectivity index (χ4v) is 2.87. The summed E-state index contributed by atoms with van der Waals surface area (Å²) in [5.41, 5.74) is 3.59. The van der Waals surface area contributed by atoms with Crippen LogP contribution >= 0.6 is 11.3 Å². The van der Waals surface area contributed by atoms with Gasteiger partial charge >= 0.3 is 5.69 Å². The third-order valence-electron chi connectivity index (χ3n) is 2.79. The second-order valence-corrected chi connectivity index (χ2v) is 5.14. The number of aromatic nitrogens is 1. The molecule has 0 N–H and O–H groups in total. The van der Waals surface area contributed by atoms with Crippen LogP contribution in [0.25, 0.3) is 25.8 Å². The molecule has 86 valence electrons. The average Bonchev–Trinajstić information content (AvgIpc) is 2.81. The number of hydrogen-bond donors (Lipinski definition) is 0. The lowest BCUT2D eigenvalue weighted by molar-refractivity contribution is 1.43. The van der Waals surface area contributed by atoms with E-state index in [1.807, 2.05) is 18.2 Å². The monoisotopic (exact) mass is 252 g/mol. The summed E-state index contributed by atoms with van der Waals surface area (Å²) in [6.07, 6.45) is 0. The number of nitrogens with zero attached hydrogens (tertiary/aromatic N) is 3. The summed E-state index contributed by atoms with van der Waals surface area (Å²) < 4.78 is 1.14. The van der Waals surface area contributed by atoms with Crippen molar-refractivity contribution in [3.05, 3.63) is 53.0 Å². The Morgan fingerprint density at radius 2 is 2.00 bits per heavy atom. The van der Waals surface area contributed by atoms with Gasteiger partial charge in [-0.05, 0) is 30.7 Å². The van der Waals surface area contributed by atoms with Crippen LogP contribution in [-0.2, 0) is 0 Å². The van der Waals surface area contributed by atoms with Crippen molar-refractivity contribution in [2.24, 2.45) is 0 Å². The molecule has 0 saturated heterocycles. The molecule has 0 radical (unpaired) electrons. The van der Waals surface area contributed by atoms with Crippen LogP contribution in [0.1, 0.15) is 5.56 Å². The minimum atomic E-state index is 0.549. The Hall–Kier alpha value is -2.25. The van der Waals surface area contributed by atoms with Crippen LogP contribution in [0, 0.1) is 12.3 Å². The van der Waals surface area contributed by atoms with E-state index in [0.717, 1.165) is 20.8 Å². The fraction of sp³-hybridized carbons (Fsp3) is 0.0714. The van der Waals surface area contributed by atoms with Crippen molar-refractivity contribution in [2.45, 2.75) is 6.92 Å². The molecule has 0 atom stereocenters. The molecule has 1 aromatic heterocycles. The molecule has 0 bridgehead atoms. The summed E-state index contributed by atoms with van der Waals surface area (Å²) in [6.45, 7) is 2.05. The van der Waals surface area contributed by atoms with Gasteiger partial charge in [0, 0.05) is 6.07 Å². The molecule has 0 aliphatic carbocycles. The number of diazo groups is 1. The van der Waals surface area contributed by atoms with Gasteiger partial charge in [0.2, 0.25) is 5.39 Å². The Morgan fingerprint density at radius 1 is 1.17 bits per heavy atom. The quantitative estimate of drug-likeness (QED) is 0.586. The van der Waals surface area contributed by atoms with Crippen molar-refractivity contribution >= 4 is 27.2 Å². The van der Waals surface area contributed by atoms with E-state index >= 15 is 0 Å². The van der Waals surface area contributed by atoms with Gasteiger partial charge in [0.15, 0.2) is 4.98 Å². The molecule has 4 heteroatoms. The predicted octanol–water partition coefficient (Wildman–Crippen LogP) is 4.76. The van der Waals surface area contributed by atoms with E-state index in [1.54, 1.807) is 17.4 Å². The molecule has 0 spiro atoms. The van der Waals surface area contributed by atoms with Crippen molar-refractivity contribution < 1.29 is 0 Å². The van der Waals surface area contributed by atoms with E-state index in [1.165, 1.54) is 5.56 Å². The molecule has 2 aromatic carbocycles. The van der Waals surface area contributed by atoms with Crippen LogP contribution in [0.4, 0.5) is 5.69 Å². The number of fused-ring (bicyclic) bond motifs is 1. The predicted molar refractivity (Wildman–Crippen MR) is 74.5 cm³/mol. The zero-order valence-corrected chi connectivity index (χ0v) is 10.6. The van der Waals surface area contributed by atoms with Gasteiger partial charge in [0.1, 0.15) is 10.6 Å². The Kier molecular flexibility index (Phi) is 2.54. The molecule has 1 heterocycles. The molecule has 0 aliphatic heterocycles. The van der Waals surface area contributed by atoms with Crippen molar-refractivity contribution in [1.82, 2.24) is 4.98 Å². The van der Waals surface area contributed by atoms with E-state index in [9.17, 15) is 0 Å². The van der Waals surface area contributed by atoms with Crippen molar-refractivity contribution in [1.29, 1.82) is 5.39 Å². The third-order valence-corrected chi connectivity index (χ3v) is 3.85. The largest absolute Gasteiger partial charge is 0.395 e. The summed E-state index contributed by atoms with van der Waals surface area (Å²) in [4.78, 5) is 7.90. The average molecular weight is 252 g/mol. The van der Waals surface area contributed by atoms with Crippen LogP contribution in [0.15, 0.2) is 42.5 Å². The van der Waals surface area contributed by atoms with Gasteiger partial charge < -0.3 is 0 Å². The van der Waals surface area contributed by atoms with Gasteiger partial charge in [-0.1, -0.05) is 18.2 Å². The number of rotatable bonds is 1. The van der Waals surface area contributed by atoms with Gasteiger partial charge in [-0.25, -0.2) is 4.98 Å². The van der Waals surface area contributed by atoms with E-state index in [0.29, 0.717) is 5.69 Å². The molecule has 18 heavy (non-hydrogen) atoms. The lowest BCUT2D eigenvalue weighted by atomic mass is 10.2. The van der Waals surface area contributed by atoms with E-state index in [4.69, 9.17) is 5.39 Å². The molecule has 0 fully saturated rings. The van der Waals surface area contributed by atoms with Gasteiger partial charge in [-0.3, -0.25) is 0 Å². The van der Waals surface area contributed by atoms with E-state index < -0.39 is 0 Å². The van der Waals surface area contributed by atoms with Gasteiger partial charge in [0.05, 0.1) is 10.2 Å². The van der Waals surface area contributed by atoms with Crippen LogP contribution in [0.5, 0.6) is 0 Å². The molecular weight excluding hydrogens is 242 g/mol. The maximum atomic E-state index is 9.00. The highest BCUT2D eigenvalue weighted by Gasteiger charge is 2.17. The zero-order valence-electron chi connectivity index (χ0n) is 9.79. The Morgan fingerprint density at radius 3 is 2.83 bits per heavy atom. The number of benzene rings is 2. The SMILES string of the molecule is Cc1ccc2sc(-c3ccccc3[N+]#N)nc2c1. The minimum absolute atomic E-state index is 0.549. The Balaban J connectivity index is 2.23. The summed E-state index contributed by atoms with van der Waals surface area (Å²) in [6, 6.07) is 13.7. The highest BCUT2D eigenvalue weighted by Crippen LogP contribution is 2.35. The standard InChI is InChI=1S/C14H10N3S/c1-9-6-7-13-12(8-9)16-14(18-13)10-4-2-3-5-11(10)17-15/h2-8H,1H3/q+1. The van der Waals surface area contributed by atoms with Crippen LogP contribution in [-0.4, -0.2) is 4.98 Å². The zero-order chi connectivity index (χ0) is 12.5. The lowest BCUT2D eigenvalue weighted by Crippen LogP contribution is -1.76. The maximum absolute atomic E-state index is 9.00. The number of aryl methyl sites for hydroxylation is 1. The highest BCUT2D eigenvalue weighted by molar-refractivity contribution is 7.21.